The smallest absolute Gasteiger partial charge is 0.268 e. The quantitative estimate of drug-likeness (QED) is 0.0348. The van der Waals surface area contributed by atoms with Crippen LogP contribution >= 0.6 is 7.82 Å². The van der Waals surface area contributed by atoms with Crippen molar-refractivity contribution in [2.75, 3.05) is 60.7 Å². The maximum atomic E-state index is 12.3. The first kappa shape index (κ1) is 54.3. The van der Waals surface area contributed by atoms with Crippen LogP contribution in [-0.4, -0.2) is 82.3 Å². The Bertz CT molecular complexity index is 695. The van der Waals surface area contributed by atoms with Crippen LogP contribution in [-0.2, 0) is 23.1 Å². The number of hydrogen-bond donors (Lipinski definition) is 0. The standard InChI is InChI=1S/C40H84NO6P.2H2O/c1-6-8-10-12-14-16-18-20-22-24-26-28-30-32-35-44-38-40(39-47-48(42,43)46-37-34-41(3,4)5)45-36-33-31-29-27-25-23-21-19-17-15-13-11-9-7-2;;/h40H,6-39H2,1-5H3;2*1H2. The SMILES string of the molecule is CCCCCCCCCCCCCCCCOCC(COP(=O)([O-])OCC[N+](C)(C)C)OCCCCCCCCCCCCCCCC.O.O. The molecule has 2 unspecified atom stereocenters. The minimum absolute atomic E-state index is 0. The molecule has 0 fully saturated rings. The van der Waals surface area contributed by atoms with Gasteiger partial charge in [0.15, 0.2) is 0 Å². The van der Waals surface area contributed by atoms with E-state index >= 15 is 0 Å². The van der Waals surface area contributed by atoms with E-state index in [0.29, 0.717) is 30.8 Å². The third-order valence-electron chi connectivity index (χ3n) is 9.23. The minimum Gasteiger partial charge on any atom is -0.756 e. The van der Waals surface area contributed by atoms with Crippen molar-refractivity contribution >= 4 is 7.82 Å². The molecule has 0 bridgehead atoms. The predicted molar refractivity (Wildman–Crippen MR) is 211 cm³/mol. The third-order valence-corrected chi connectivity index (χ3v) is 10.2. The number of hydrogen-bond acceptors (Lipinski definition) is 6. The molecule has 0 aliphatic rings. The number of unbranched alkanes of at least 4 members (excludes halogenated alkanes) is 26. The van der Waals surface area contributed by atoms with E-state index in [2.05, 4.69) is 13.8 Å². The molecule has 306 valence electrons. The van der Waals surface area contributed by atoms with Crippen molar-refractivity contribution in [1.82, 2.24) is 0 Å². The summed E-state index contributed by atoms with van der Waals surface area (Å²) in [4.78, 5) is 12.3. The van der Waals surface area contributed by atoms with Gasteiger partial charge >= 0.3 is 0 Å². The Labute approximate surface area is 311 Å². The number of phosphoric ester groups is 1. The van der Waals surface area contributed by atoms with E-state index in [1.807, 2.05) is 21.1 Å². The van der Waals surface area contributed by atoms with Crippen molar-refractivity contribution in [2.24, 2.45) is 0 Å². The highest BCUT2D eigenvalue weighted by atomic mass is 31.2. The molecule has 0 aliphatic carbocycles. The molecule has 0 saturated heterocycles. The number of likely N-dealkylation sites (N-methyl/N-ethyl adjacent to an activating group) is 1. The van der Waals surface area contributed by atoms with Gasteiger partial charge in [-0.3, -0.25) is 4.57 Å². The normalized spacial score (nSPS) is 13.5. The zero-order valence-corrected chi connectivity index (χ0v) is 34.9. The van der Waals surface area contributed by atoms with Gasteiger partial charge in [0.2, 0.25) is 0 Å². The fourth-order valence-electron chi connectivity index (χ4n) is 5.94. The van der Waals surface area contributed by atoms with E-state index < -0.39 is 13.9 Å². The summed E-state index contributed by atoms with van der Waals surface area (Å²) in [5.74, 6) is 0. The minimum atomic E-state index is -4.38. The second-order valence-corrected chi connectivity index (χ2v) is 16.8. The van der Waals surface area contributed by atoms with Crippen molar-refractivity contribution in [3.05, 3.63) is 0 Å². The van der Waals surface area contributed by atoms with Crippen molar-refractivity contribution in [1.29, 1.82) is 0 Å². The molecule has 0 heterocycles. The monoisotopic (exact) mass is 742 g/mol. The lowest BCUT2D eigenvalue weighted by Gasteiger charge is -2.28. The lowest BCUT2D eigenvalue weighted by atomic mass is 10.0. The molecule has 0 aromatic heterocycles. The van der Waals surface area contributed by atoms with Crippen LogP contribution in [0.3, 0.4) is 0 Å². The van der Waals surface area contributed by atoms with Gasteiger partial charge in [-0.2, -0.15) is 0 Å². The lowest BCUT2D eigenvalue weighted by molar-refractivity contribution is -0.870. The molecule has 0 saturated carbocycles. The highest BCUT2D eigenvalue weighted by Crippen LogP contribution is 2.38. The Morgan fingerprint density at radius 1 is 0.480 bits per heavy atom. The van der Waals surface area contributed by atoms with Gasteiger partial charge in [-0.05, 0) is 12.8 Å². The van der Waals surface area contributed by atoms with Crippen LogP contribution in [0.5, 0.6) is 0 Å². The van der Waals surface area contributed by atoms with Crippen LogP contribution < -0.4 is 4.89 Å². The van der Waals surface area contributed by atoms with Crippen molar-refractivity contribution in [2.45, 2.75) is 200 Å². The van der Waals surface area contributed by atoms with Gasteiger partial charge in [0.25, 0.3) is 7.82 Å². The van der Waals surface area contributed by atoms with Gasteiger partial charge in [-0.25, -0.2) is 0 Å². The summed E-state index contributed by atoms with van der Waals surface area (Å²) in [7, 11) is 1.61. The zero-order valence-electron chi connectivity index (χ0n) is 34.0. The summed E-state index contributed by atoms with van der Waals surface area (Å²) in [5.41, 5.74) is 0. The summed E-state index contributed by atoms with van der Waals surface area (Å²) in [5, 5.41) is 0. The highest BCUT2D eigenvalue weighted by Gasteiger charge is 2.18. The molecular weight excluding hydrogens is 653 g/mol. The molecule has 9 nitrogen and oxygen atoms in total. The van der Waals surface area contributed by atoms with E-state index in [9.17, 15) is 9.46 Å². The van der Waals surface area contributed by atoms with Gasteiger partial charge in [-0.1, -0.05) is 181 Å². The van der Waals surface area contributed by atoms with Crippen LogP contribution in [0, 0.1) is 0 Å². The molecule has 0 aliphatic heterocycles. The molecule has 0 aromatic carbocycles. The van der Waals surface area contributed by atoms with Crippen LogP contribution in [0.1, 0.15) is 194 Å². The van der Waals surface area contributed by atoms with Crippen LogP contribution in [0.15, 0.2) is 0 Å². The van der Waals surface area contributed by atoms with Crippen LogP contribution in [0.4, 0.5) is 0 Å². The summed E-state index contributed by atoms with van der Waals surface area (Å²) < 4.78 is 35.3. The summed E-state index contributed by atoms with van der Waals surface area (Å²) in [6, 6.07) is 0. The Hall–Kier alpha value is -0.0900. The Balaban J connectivity index is -0.0000110. The molecule has 10 heteroatoms. The molecule has 0 radical (unpaired) electrons. The maximum absolute atomic E-state index is 12.3. The van der Waals surface area contributed by atoms with Crippen LogP contribution in [0.2, 0.25) is 0 Å². The fraction of sp³-hybridized carbons (Fsp3) is 1.00. The molecule has 50 heavy (non-hydrogen) atoms. The topological polar surface area (TPSA) is 140 Å². The maximum Gasteiger partial charge on any atom is 0.268 e. The first-order chi connectivity index (χ1) is 23.2. The van der Waals surface area contributed by atoms with Gasteiger partial charge in [0.1, 0.15) is 19.3 Å². The number of ether oxygens (including phenoxy) is 2. The molecule has 4 N–H and O–H groups in total. The first-order valence-corrected chi connectivity index (χ1v) is 22.3. The molecule has 0 amide bonds. The van der Waals surface area contributed by atoms with Gasteiger partial charge in [-0.15, -0.1) is 0 Å². The Morgan fingerprint density at radius 2 is 0.820 bits per heavy atom. The van der Waals surface area contributed by atoms with Gasteiger partial charge < -0.3 is 38.9 Å². The number of phosphoric acid groups is 1. The second kappa shape index (κ2) is 40.1. The Morgan fingerprint density at radius 3 is 1.18 bits per heavy atom. The Kier molecular flexibility index (Phi) is 43.5. The van der Waals surface area contributed by atoms with E-state index in [-0.39, 0.29) is 24.2 Å². The fourth-order valence-corrected chi connectivity index (χ4v) is 6.67. The van der Waals surface area contributed by atoms with Gasteiger partial charge in [0, 0.05) is 13.2 Å². The lowest BCUT2D eigenvalue weighted by Crippen LogP contribution is -2.37. The first-order valence-electron chi connectivity index (χ1n) is 20.8. The number of quaternary nitrogens is 1. The average molecular weight is 742 g/mol. The number of rotatable bonds is 40. The molecular formula is C40H88NO8P. The van der Waals surface area contributed by atoms with E-state index in [1.165, 1.54) is 161 Å². The second-order valence-electron chi connectivity index (χ2n) is 15.4. The molecule has 0 spiro atoms. The summed E-state index contributed by atoms with van der Waals surface area (Å²) in [6.45, 7) is 6.78. The van der Waals surface area contributed by atoms with E-state index in [4.69, 9.17) is 18.5 Å². The van der Waals surface area contributed by atoms with Crippen molar-refractivity contribution in [3.63, 3.8) is 0 Å². The third kappa shape index (κ3) is 44.1. The zero-order chi connectivity index (χ0) is 35.4. The predicted octanol–water partition coefficient (Wildman–Crippen LogP) is 9.91. The highest BCUT2D eigenvalue weighted by molar-refractivity contribution is 7.45. The van der Waals surface area contributed by atoms with E-state index in [1.54, 1.807) is 0 Å². The largest absolute Gasteiger partial charge is 0.756 e. The average Bonchev–Trinajstić information content (AvgIpc) is 3.04. The van der Waals surface area contributed by atoms with Crippen LogP contribution in [0.25, 0.3) is 0 Å². The molecule has 0 rings (SSSR count). The summed E-state index contributed by atoms with van der Waals surface area (Å²) in [6.07, 6.45) is 36.6. The van der Waals surface area contributed by atoms with Crippen molar-refractivity contribution in [3.8, 4) is 0 Å². The van der Waals surface area contributed by atoms with Crippen molar-refractivity contribution < 1.29 is 43.4 Å². The van der Waals surface area contributed by atoms with Gasteiger partial charge in [0.05, 0.1) is 34.4 Å². The van der Waals surface area contributed by atoms with E-state index in [0.717, 1.165) is 19.3 Å². The number of nitrogens with zero attached hydrogens (tertiary/aromatic N) is 1. The molecule has 2 atom stereocenters. The molecule has 0 aromatic rings. The summed E-state index contributed by atoms with van der Waals surface area (Å²) >= 11 is 0.